The topological polar surface area (TPSA) is 59.3 Å². The van der Waals surface area contributed by atoms with Crippen LogP contribution in [0.5, 0.6) is 5.75 Å². The van der Waals surface area contributed by atoms with Gasteiger partial charge in [-0.25, -0.2) is 4.57 Å². The molecule has 80 valence electrons. The van der Waals surface area contributed by atoms with E-state index in [1.54, 1.807) is 31.2 Å². The van der Waals surface area contributed by atoms with Gasteiger partial charge in [0, 0.05) is 7.11 Å². The Bertz CT molecular complexity index is 400. The van der Waals surface area contributed by atoms with Crippen molar-refractivity contribution < 1.29 is 13.6 Å². The summed E-state index contributed by atoms with van der Waals surface area (Å²) in [6.07, 6.45) is 0.309. The van der Waals surface area contributed by atoms with Crippen LogP contribution in [0.1, 0.15) is 12.5 Å². The van der Waals surface area contributed by atoms with E-state index in [2.05, 4.69) is 0 Å². The van der Waals surface area contributed by atoms with Crippen molar-refractivity contribution in [1.29, 1.82) is 5.26 Å². The molecule has 15 heavy (non-hydrogen) atoms. The highest BCUT2D eigenvalue weighted by Gasteiger charge is 2.21. The van der Waals surface area contributed by atoms with Crippen molar-refractivity contribution in [2.24, 2.45) is 0 Å². The Labute approximate surface area is 89.0 Å². The van der Waals surface area contributed by atoms with Crippen molar-refractivity contribution in [2.45, 2.75) is 6.92 Å². The molecule has 1 aromatic carbocycles. The van der Waals surface area contributed by atoms with Gasteiger partial charge in [-0.1, -0.05) is 6.92 Å². The Morgan fingerprint density at radius 3 is 2.40 bits per heavy atom. The van der Waals surface area contributed by atoms with Gasteiger partial charge in [-0.2, -0.15) is 5.26 Å². The second-order valence-corrected chi connectivity index (χ2v) is 5.24. The van der Waals surface area contributed by atoms with Crippen molar-refractivity contribution in [2.75, 3.05) is 13.3 Å². The molecule has 0 aliphatic heterocycles. The summed E-state index contributed by atoms with van der Waals surface area (Å²) < 4.78 is 21.8. The van der Waals surface area contributed by atoms with Crippen LogP contribution in [0.4, 0.5) is 0 Å². The summed E-state index contributed by atoms with van der Waals surface area (Å²) in [6, 6.07) is 8.39. The zero-order valence-electron chi connectivity index (χ0n) is 8.64. The molecule has 1 atom stereocenters. The number of nitrogens with zero attached hydrogens (tertiary/aromatic N) is 1. The molecule has 0 aliphatic carbocycles. The molecule has 0 saturated heterocycles. The smallest absolute Gasteiger partial charge is 0.378 e. The maximum atomic E-state index is 11.8. The molecule has 1 aromatic rings. The summed E-state index contributed by atoms with van der Waals surface area (Å²) in [5, 5.41) is 8.58. The molecule has 1 unspecified atom stereocenters. The van der Waals surface area contributed by atoms with Crippen molar-refractivity contribution in [3.8, 4) is 11.8 Å². The summed E-state index contributed by atoms with van der Waals surface area (Å²) >= 11 is 0. The zero-order chi connectivity index (χ0) is 11.3. The fraction of sp³-hybridized carbons (Fsp3) is 0.300. The standard InChI is InChI=1S/C10H12NO3P/c1-3-15(12,13-2)14-10-6-4-9(8-11)5-7-10/h4-7H,3H2,1-2H3. The van der Waals surface area contributed by atoms with Crippen LogP contribution in [0.3, 0.4) is 0 Å². The molecule has 5 heteroatoms. The SMILES string of the molecule is CCP(=O)(OC)Oc1ccc(C#N)cc1. The van der Waals surface area contributed by atoms with Crippen LogP contribution in [0.15, 0.2) is 24.3 Å². The lowest BCUT2D eigenvalue weighted by Crippen LogP contribution is -1.97. The average molecular weight is 225 g/mol. The van der Waals surface area contributed by atoms with Gasteiger partial charge < -0.3 is 9.05 Å². The van der Waals surface area contributed by atoms with E-state index in [0.29, 0.717) is 17.5 Å². The van der Waals surface area contributed by atoms with E-state index in [9.17, 15) is 4.57 Å². The molecule has 0 saturated carbocycles. The van der Waals surface area contributed by atoms with E-state index in [4.69, 9.17) is 14.3 Å². The first-order valence-electron chi connectivity index (χ1n) is 4.48. The van der Waals surface area contributed by atoms with Crippen molar-refractivity contribution in [3.05, 3.63) is 29.8 Å². The number of nitriles is 1. The van der Waals surface area contributed by atoms with Crippen LogP contribution < -0.4 is 4.52 Å². The Morgan fingerprint density at radius 1 is 1.40 bits per heavy atom. The number of benzene rings is 1. The van der Waals surface area contributed by atoms with Crippen LogP contribution >= 0.6 is 7.60 Å². The highest BCUT2D eigenvalue weighted by atomic mass is 31.2. The third-order valence-electron chi connectivity index (χ3n) is 1.89. The summed E-state index contributed by atoms with van der Waals surface area (Å²) in [5.74, 6) is 0.445. The maximum absolute atomic E-state index is 11.8. The Morgan fingerprint density at radius 2 is 2.00 bits per heavy atom. The quantitative estimate of drug-likeness (QED) is 0.739. The van der Waals surface area contributed by atoms with Gasteiger partial charge in [-0.3, -0.25) is 0 Å². The predicted octanol–water partition coefficient (Wildman–Crippen LogP) is 2.80. The largest absolute Gasteiger partial charge is 0.424 e. The minimum Gasteiger partial charge on any atom is -0.424 e. The molecule has 0 aliphatic rings. The van der Waals surface area contributed by atoms with Gasteiger partial charge >= 0.3 is 7.60 Å². The highest BCUT2D eigenvalue weighted by molar-refractivity contribution is 7.54. The Hall–Kier alpha value is -1.30. The molecule has 0 radical (unpaired) electrons. The van der Waals surface area contributed by atoms with Crippen LogP contribution in [-0.4, -0.2) is 13.3 Å². The van der Waals surface area contributed by atoms with E-state index >= 15 is 0 Å². The molecule has 0 spiro atoms. The molecule has 4 nitrogen and oxygen atoms in total. The van der Waals surface area contributed by atoms with Crippen LogP contribution in [0, 0.1) is 11.3 Å². The van der Waals surface area contributed by atoms with Crippen molar-refractivity contribution in [3.63, 3.8) is 0 Å². The van der Waals surface area contributed by atoms with Gasteiger partial charge in [0.25, 0.3) is 0 Å². The van der Waals surface area contributed by atoms with Crippen LogP contribution in [-0.2, 0) is 9.09 Å². The summed E-state index contributed by atoms with van der Waals surface area (Å²) in [5.41, 5.74) is 0.533. The molecule has 0 heterocycles. The van der Waals surface area contributed by atoms with E-state index in [1.165, 1.54) is 7.11 Å². The summed E-state index contributed by atoms with van der Waals surface area (Å²) in [7, 11) is -1.65. The minimum atomic E-state index is -3.01. The first-order valence-corrected chi connectivity index (χ1v) is 6.21. The number of hydrogen-bond acceptors (Lipinski definition) is 4. The average Bonchev–Trinajstić information content (AvgIpc) is 2.30. The lowest BCUT2D eigenvalue weighted by atomic mass is 10.2. The van der Waals surface area contributed by atoms with E-state index in [0.717, 1.165) is 0 Å². The number of hydrogen-bond donors (Lipinski definition) is 0. The summed E-state index contributed by atoms with van der Waals surface area (Å²) in [4.78, 5) is 0. The maximum Gasteiger partial charge on any atom is 0.378 e. The Kier molecular flexibility index (Phi) is 3.90. The first kappa shape index (κ1) is 11.8. The molecule has 0 N–H and O–H groups in total. The minimum absolute atomic E-state index is 0.309. The van der Waals surface area contributed by atoms with E-state index < -0.39 is 7.60 Å². The van der Waals surface area contributed by atoms with Crippen molar-refractivity contribution >= 4 is 7.60 Å². The highest BCUT2D eigenvalue weighted by Crippen LogP contribution is 2.46. The third kappa shape index (κ3) is 3.09. The van der Waals surface area contributed by atoms with Gasteiger partial charge in [0.2, 0.25) is 0 Å². The second-order valence-electron chi connectivity index (χ2n) is 2.84. The molecule has 0 aromatic heterocycles. The third-order valence-corrected chi connectivity index (χ3v) is 3.71. The second kappa shape index (κ2) is 4.97. The molecule has 1 rings (SSSR count). The lowest BCUT2D eigenvalue weighted by Gasteiger charge is -2.15. The Balaban J connectivity index is 2.82. The number of rotatable bonds is 4. The van der Waals surface area contributed by atoms with E-state index in [-0.39, 0.29) is 0 Å². The molecular formula is C10H12NO3P. The molecule has 0 amide bonds. The first-order chi connectivity index (χ1) is 7.13. The van der Waals surface area contributed by atoms with Crippen LogP contribution in [0.2, 0.25) is 0 Å². The molecule has 0 bridgehead atoms. The van der Waals surface area contributed by atoms with Gasteiger partial charge in [0.05, 0.1) is 17.8 Å². The predicted molar refractivity (Wildman–Crippen MR) is 56.9 cm³/mol. The zero-order valence-corrected chi connectivity index (χ0v) is 9.53. The molecule has 0 fully saturated rings. The fourth-order valence-corrected chi connectivity index (χ4v) is 1.89. The monoisotopic (exact) mass is 225 g/mol. The van der Waals surface area contributed by atoms with Gasteiger partial charge in [0.1, 0.15) is 5.75 Å². The van der Waals surface area contributed by atoms with Crippen molar-refractivity contribution in [1.82, 2.24) is 0 Å². The van der Waals surface area contributed by atoms with Gasteiger partial charge in [-0.05, 0) is 24.3 Å². The van der Waals surface area contributed by atoms with Gasteiger partial charge in [0.15, 0.2) is 0 Å². The lowest BCUT2D eigenvalue weighted by molar-refractivity contribution is 0.323. The fourth-order valence-electron chi connectivity index (χ4n) is 0.982. The van der Waals surface area contributed by atoms with Crippen LogP contribution in [0.25, 0.3) is 0 Å². The van der Waals surface area contributed by atoms with Gasteiger partial charge in [-0.15, -0.1) is 0 Å². The molecular weight excluding hydrogens is 213 g/mol. The normalized spacial score (nSPS) is 13.9. The van der Waals surface area contributed by atoms with E-state index in [1.807, 2.05) is 6.07 Å². The summed E-state index contributed by atoms with van der Waals surface area (Å²) in [6.45, 7) is 1.73.